The van der Waals surface area contributed by atoms with E-state index in [1.54, 1.807) is 0 Å². The van der Waals surface area contributed by atoms with Gasteiger partial charge in [0.25, 0.3) is 0 Å². The highest BCUT2D eigenvalue weighted by molar-refractivity contribution is 5.91. The average molecular weight is 294 g/mol. The van der Waals surface area contributed by atoms with Gasteiger partial charge in [0.15, 0.2) is 0 Å². The van der Waals surface area contributed by atoms with E-state index in [0.29, 0.717) is 6.61 Å². The van der Waals surface area contributed by atoms with Crippen LogP contribution in [0.4, 0.5) is 0 Å². The molecule has 1 rings (SSSR count). The van der Waals surface area contributed by atoms with E-state index in [2.05, 4.69) is 6.92 Å². The summed E-state index contributed by atoms with van der Waals surface area (Å²) in [7, 11) is 0. The van der Waals surface area contributed by atoms with E-state index in [0.717, 1.165) is 12.8 Å². The van der Waals surface area contributed by atoms with Crippen molar-refractivity contribution in [2.45, 2.75) is 58.3 Å². The number of carboxylic acids is 1. The molecule has 2 N–H and O–H groups in total. The number of benzene rings is 1. The number of aromatic hydroxyl groups is 1. The fourth-order valence-electron chi connectivity index (χ4n) is 2.23. The van der Waals surface area contributed by atoms with Crippen LogP contribution in [-0.4, -0.2) is 22.8 Å². The zero-order chi connectivity index (χ0) is 15.5. The molecule has 0 saturated carbocycles. The number of aromatic carboxylic acids is 1. The molecule has 0 saturated heterocycles. The molecule has 21 heavy (non-hydrogen) atoms. The zero-order valence-corrected chi connectivity index (χ0v) is 12.8. The van der Waals surface area contributed by atoms with Crippen molar-refractivity contribution in [2.24, 2.45) is 0 Å². The number of ether oxygens (including phenoxy) is 1. The summed E-state index contributed by atoms with van der Waals surface area (Å²) in [5.41, 5.74) is 0.0902. The number of hydrogen-bond acceptors (Lipinski definition) is 3. The van der Waals surface area contributed by atoms with Crippen LogP contribution in [0.2, 0.25) is 0 Å². The van der Waals surface area contributed by atoms with Crippen LogP contribution in [0.25, 0.3) is 0 Å². The third-order valence-electron chi connectivity index (χ3n) is 3.45. The van der Waals surface area contributed by atoms with Crippen molar-refractivity contribution >= 4 is 5.97 Å². The van der Waals surface area contributed by atoms with Gasteiger partial charge in [-0.3, -0.25) is 0 Å². The van der Waals surface area contributed by atoms with Crippen molar-refractivity contribution in [3.8, 4) is 11.5 Å². The minimum Gasteiger partial charge on any atom is -0.508 e. The third kappa shape index (κ3) is 7.02. The SMILES string of the molecule is CCCCCCCCCCOc1cc(O)ccc1C(=O)O. The topological polar surface area (TPSA) is 66.8 Å². The second-order valence-electron chi connectivity index (χ2n) is 5.31. The molecule has 0 heterocycles. The van der Waals surface area contributed by atoms with E-state index in [-0.39, 0.29) is 17.1 Å². The first-order chi connectivity index (χ1) is 10.1. The Morgan fingerprint density at radius 1 is 1.05 bits per heavy atom. The maximum Gasteiger partial charge on any atom is 0.339 e. The third-order valence-corrected chi connectivity index (χ3v) is 3.45. The molecule has 0 aliphatic heterocycles. The molecule has 0 aromatic heterocycles. The molecule has 118 valence electrons. The lowest BCUT2D eigenvalue weighted by atomic mass is 10.1. The van der Waals surface area contributed by atoms with Crippen molar-refractivity contribution in [2.75, 3.05) is 6.61 Å². The van der Waals surface area contributed by atoms with E-state index < -0.39 is 5.97 Å². The minimum atomic E-state index is -1.04. The molecular formula is C17H26O4. The van der Waals surface area contributed by atoms with Crippen molar-refractivity contribution in [3.63, 3.8) is 0 Å². The summed E-state index contributed by atoms with van der Waals surface area (Å²) < 4.78 is 5.48. The average Bonchev–Trinajstić information content (AvgIpc) is 2.45. The van der Waals surface area contributed by atoms with Crippen molar-refractivity contribution in [3.05, 3.63) is 23.8 Å². The Hall–Kier alpha value is -1.71. The summed E-state index contributed by atoms with van der Waals surface area (Å²) in [4.78, 5) is 11.0. The Balaban J connectivity index is 2.21. The zero-order valence-electron chi connectivity index (χ0n) is 12.8. The molecule has 0 atom stereocenters. The normalized spacial score (nSPS) is 10.5. The van der Waals surface area contributed by atoms with Crippen LogP contribution in [0.1, 0.15) is 68.6 Å². The van der Waals surface area contributed by atoms with Crippen molar-refractivity contribution < 1.29 is 19.7 Å². The van der Waals surface area contributed by atoms with Crippen LogP contribution in [0.5, 0.6) is 11.5 Å². The molecule has 0 unspecified atom stereocenters. The molecule has 1 aromatic rings. The minimum absolute atomic E-state index is 0.0194. The van der Waals surface area contributed by atoms with Gasteiger partial charge in [-0.05, 0) is 18.6 Å². The maximum atomic E-state index is 11.0. The molecule has 0 aliphatic carbocycles. The summed E-state index contributed by atoms with van der Waals surface area (Å²) in [6.45, 7) is 2.70. The van der Waals surface area contributed by atoms with E-state index in [1.165, 1.54) is 56.7 Å². The van der Waals surface area contributed by atoms with Crippen molar-refractivity contribution in [1.82, 2.24) is 0 Å². The van der Waals surface area contributed by atoms with E-state index in [4.69, 9.17) is 9.84 Å². The van der Waals surface area contributed by atoms with Gasteiger partial charge in [0.05, 0.1) is 6.61 Å². The first kappa shape index (κ1) is 17.3. The molecule has 0 amide bonds. The molecule has 0 radical (unpaired) electrons. The molecule has 0 spiro atoms. The molecule has 4 nitrogen and oxygen atoms in total. The highest BCUT2D eigenvalue weighted by Gasteiger charge is 2.11. The lowest BCUT2D eigenvalue weighted by molar-refractivity contribution is 0.0692. The van der Waals surface area contributed by atoms with Gasteiger partial charge < -0.3 is 14.9 Å². The van der Waals surface area contributed by atoms with Gasteiger partial charge in [-0.15, -0.1) is 0 Å². The first-order valence-corrected chi connectivity index (χ1v) is 7.84. The van der Waals surface area contributed by atoms with Crippen LogP contribution in [0.3, 0.4) is 0 Å². The number of hydrogen-bond donors (Lipinski definition) is 2. The monoisotopic (exact) mass is 294 g/mol. The lowest BCUT2D eigenvalue weighted by Crippen LogP contribution is -2.04. The Labute approximate surface area is 126 Å². The lowest BCUT2D eigenvalue weighted by Gasteiger charge is -2.09. The van der Waals surface area contributed by atoms with Gasteiger partial charge in [-0.25, -0.2) is 4.79 Å². The molecular weight excluding hydrogens is 268 g/mol. The molecule has 0 aliphatic rings. The highest BCUT2D eigenvalue weighted by atomic mass is 16.5. The van der Waals surface area contributed by atoms with Gasteiger partial charge in [0.1, 0.15) is 17.1 Å². The molecule has 0 bridgehead atoms. The summed E-state index contributed by atoms with van der Waals surface area (Å²) in [6, 6.07) is 4.07. The number of carboxylic acid groups (broad SMARTS) is 1. The maximum absolute atomic E-state index is 11.0. The second kappa shape index (κ2) is 10.1. The Morgan fingerprint density at radius 3 is 2.29 bits per heavy atom. The summed E-state index contributed by atoms with van der Waals surface area (Å²) >= 11 is 0. The summed E-state index contributed by atoms with van der Waals surface area (Å²) in [5.74, 6) is -0.780. The quantitative estimate of drug-likeness (QED) is 0.585. The van der Waals surface area contributed by atoms with Gasteiger partial charge in [-0.2, -0.15) is 0 Å². The standard InChI is InChI=1S/C17H26O4/c1-2-3-4-5-6-7-8-9-12-21-16-13-14(18)10-11-15(16)17(19)20/h10-11,13,18H,2-9,12H2,1H3,(H,19,20). The number of rotatable bonds is 11. The van der Waals surface area contributed by atoms with Gasteiger partial charge in [0, 0.05) is 6.07 Å². The van der Waals surface area contributed by atoms with Crippen LogP contribution in [0.15, 0.2) is 18.2 Å². The Bertz CT molecular complexity index is 429. The van der Waals surface area contributed by atoms with E-state index in [1.807, 2.05) is 0 Å². The highest BCUT2D eigenvalue weighted by Crippen LogP contribution is 2.24. The molecule has 4 heteroatoms. The number of carbonyl (C=O) groups is 1. The van der Waals surface area contributed by atoms with Gasteiger partial charge in [0.2, 0.25) is 0 Å². The number of phenols is 1. The van der Waals surface area contributed by atoms with Crippen LogP contribution >= 0.6 is 0 Å². The largest absolute Gasteiger partial charge is 0.508 e. The first-order valence-electron chi connectivity index (χ1n) is 7.84. The Morgan fingerprint density at radius 2 is 1.67 bits per heavy atom. The summed E-state index contributed by atoms with van der Waals surface area (Å²) in [6.07, 6.45) is 9.65. The fourth-order valence-corrected chi connectivity index (χ4v) is 2.23. The van der Waals surface area contributed by atoms with Gasteiger partial charge in [-0.1, -0.05) is 51.9 Å². The smallest absolute Gasteiger partial charge is 0.339 e. The van der Waals surface area contributed by atoms with E-state index in [9.17, 15) is 9.90 Å². The predicted molar refractivity (Wildman–Crippen MR) is 83.2 cm³/mol. The van der Waals surface area contributed by atoms with Crippen LogP contribution in [-0.2, 0) is 0 Å². The molecule has 1 aromatic carbocycles. The summed E-state index contributed by atoms with van der Waals surface area (Å²) in [5, 5.41) is 18.4. The van der Waals surface area contributed by atoms with Crippen molar-refractivity contribution in [1.29, 1.82) is 0 Å². The van der Waals surface area contributed by atoms with Crippen LogP contribution in [0, 0.1) is 0 Å². The predicted octanol–water partition coefficient (Wildman–Crippen LogP) is 4.61. The Kier molecular flexibility index (Phi) is 8.32. The van der Waals surface area contributed by atoms with Gasteiger partial charge >= 0.3 is 5.97 Å². The van der Waals surface area contributed by atoms with E-state index >= 15 is 0 Å². The second-order valence-corrected chi connectivity index (χ2v) is 5.31. The molecule has 0 fully saturated rings. The number of phenolic OH excluding ortho intramolecular Hbond substituents is 1. The number of unbranched alkanes of at least 4 members (excludes halogenated alkanes) is 7. The fraction of sp³-hybridized carbons (Fsp3) is 0.588. The van der Waals surface area contributed by atoms with Crippen LogP contribution < -0.4 is 4.74 Å².